The highest BCUT2D eigenvalue weighted by Gasteiger charge is 2.04. The molecule has 0 bridgehead atoms. The van der Waals surface area contributed by atoms with Crippen LogP contribution in [0.15, 0.2) is 30.3 Å². The molecule has 0 saturated carbocycles. The number of hydrogen-bond acceptors (Lipinski definition) is 3. The quantitative estimate of drug-likeness (QED) is 0.510. The van der Waals surface area contributed by atoms with Gasteiger partial charge >= 0.3 is 0 Å². The smallest absolute Gasteiger partial charge is 0.176 e. The molecule has 0 aromatic heterocycles. The van der Waals surface area contributed by atoms with Crippen molar-refractivity contribution in [3.63, 3.8) is 0 Å². The standard InChI is InChI=1S/C9H10N2O/c10-7-11-6-9(12)8-4-2-1-3-5-8/h1-5,9,11-12H,6H2. The molecule has 0 heterocycles. The second kappa shape index (κ2) is 4.37. The Hall–Kier alpha value is -1.53. The number of nitrogens with zero attached hydrogens (tertiary/aromatic N) is 1. The van der Waals surface area contributed by atoms with Gasteiger partial charge < -0.3 is 10.4 Å². The zero-order valence-corrected chi connectivity index (χ0v) is 6.57. The van der Waals surface area contributed by atoms with Gasteiger partial charge in [0.15, 0.2) is 6.19 Å². The van der Waals surface area contributed by atoms with Crippen molar-refractivity contribution in [1.29, 1.82) is 5.26 Å². The van der Waals surface area contributed by atoms with Gasteiger partial charge in [-0.2, -0.15) is 5.26 Å². The van der Waals surface area contributed by atoms with Crippen molar-refractivity contribution in [3.8, 4) is 6.19 Å². The summed E-state index contributed by atoms with van der Waals surface area (Å²) < 4.78 is 0. The molecule has 2 N–H and O–H groups in total. The summed E-state index contributed by atoms with van der Waals surface area (Å²) >= 11 is 0. The predicted molar refractivity (Wildman–Crippen MR) is 45.0 cm³/mol. The van der Waals surface area contributed by atoms with Crippen LogP contribution < -0.4 is 5.32 Å². The van der Waals surface area contributed by atoms with Crippen LogP contribution in [0.1, 0.15) is 11.7 Å². The molecule has 0 saturated heterocycles. The Balaban J connectivity index is 2.55. The average Bonchev–Trinajstić information content (AvgIpc) is 2.15. The van der Waals surface area contributed by atoms with E-state index < -0.39 is 6.10 Å². The van der Waals surface area contributed by atoms with Crippen molar-refractivity contribution < 1.29 is 5.11 Å². The van der Waals surface area contributed by atoms with E-state index in [1.807, 2.05) is 30.3 Å². The Morgan fingerprint density at radius 1 is 1.42 bits per heavy atom. The van der Waals surface area contributed by atoms with Gasteiger partial charge in [-0.15, -0.1) is 0 Å². The lowest BCUT2D eigenvalue weighted by Gasteiger charge is -2.08. The van der Waals surface area contributed by atoms with Crippen molar-refractivity contribution in [2.45, 2.75) is 6.10 Å². The van der Waals surface area contributed by atoms with Crippen molar-refractivity contribution in [1.82, 2.24) is 5.32 Å². The van der Waals surface area contributed by atoms with Gasteiger partial charge in [0.1, 0.15) is 0 Å². The van der Waals surface area contributed by atoms with Crippen molar-refractivity contribution in [2.75, 3.05) is 6.54 Å². The molecule has 0 aliphatic heterocycles. The Morgan fingerprint density at radius 2 is 2.08 bits per heavy atom. The van der Waals surface area contributed by atoms with Crippen LogP contribution in [0.4, 0.5) is 0 Å². The lowest BCUT2D eigenvalue weighted by Crippen LogP contribution is -2.15. The molecule has 12 heavy (non-hydrogen) atoms. The van der Waals surface area contributed by atoms with Crippen LogP contribution in [-0.2, 0) is 0 Å². The molecule has 0 radical (unpaired) electrons. The molecule has 1 aromatic rings. The molecule has 0 fully saturated rings. The molecule has 1 rings (SSSR count). The van der Waals surface area contributed by atoms with Crippen LogP contribution in [0.25, 0.3) is 0 Å². The normalized spacial score (nSPS) is 11.7. The van der Waals surface area contributed by atoms with E-state index in [9.17, 15) is 5.11 Å². The van der Waals surface area contributed by atoms with Crippen LogP contribution in [0.2, 0.25) is 0 Å². The molecule has 0 amide bonds. The number of aliphatic hydroxyl groups is 1. The summed E-state index contributed by atoms with van der Waals surface area (Å²) in [4.78, 5) is 0. The largest absolute Gasteiger partial charge is 0.387 e. The summed E-state index contributed by atoms with van der Waals surface area (Å²) in [6, 6.07) is 9.23. The van der Waals surface area contributed by atoms with E-state index in [1.54, 1.807) is 6.19 Å². The molecular formula is C9H10N2O. The minimum atomic E-state index is -0.606. The predicted octanol–water partition coefficient (Wildman–Crippen LogP) is 0.791. The Labute approximate surface area is 71.3 Å². The van der Waals surface area contributed by atoms with Gasteiger partial charge in [0, 0.05) is 0 Å². The third kappa shape index (κ3) is 2.26. The molecule has 0 spiro atoms. The highest BCUT2D eigenvalue weighted by atomic mass is 16.3. The lowest BCUT2D eigenvalue weighted by molar-refractivity contribution is 0.180. The monoisotopic (exact) mass is 162 g/mol. The number of nitriles is 1. The molecule has 62 valence electrons. The van der Waals surface area contributed by atoms with E-state index in [0.29, 0.717) is 0 Å². The topological polar surface area (TPSA) is 56.0 Å². The summed E-state index contributed by atoms with van der Waals surface area (Å²) in [7, 11) is 0. The first-order valence-electron chi connectivity index (χ1n) is 3.69. The molecule has 1 unspecified atom stereocenters. The fraction of sp³-hybridized carbons (Fsp3) is 0.222. The fourth-order valence-corrected chi connectivity index (χ4v) is 0.935. The van der Waals surface area contributed by atoms with E-state index in [-0.39, 0.29) is 6.54 Å². The summed E-state index contributed by atoms with van der Waals surface area (Å²) in [5, 5.41) is 20.0. The molecule has 3 nitrogen and oxygen atoms in total. The van der Waals surface area contributed by atoms with Crippen molar-refractivity contribution in [3.05, 3.63) is 35.9 Å². The third-order valence-electron chi connectivity index (χ3n) is 1.56. The zero-order chi connectivity index (χ0) is 8.81. The van der Waals surface area contributed by atoms with E-state index >= 15 is 0 Å². The fourth-order valence-electron chi connectivity index (χ4n) is 0.935. The van der Waals surface area contributed by atoms with Crippen LogP contribution in [0, 0.1) is 11.5 Å². The number of rotatable bonds is 3. The van der Waals surface area contributed by atoms with Crippen molar-refractivity contribution in [2.24, 2.45) is 0 Å². The van der Waals surface area contributed by atoms with Gasteiger partial charge in [0.2, 0.25) is 0 Å². The SMILES string of the molecule is N#CNCC(O)c1ccccc1. The van der Waals surface area contributed by atoms with Gasteiger partial charge in [-0.3, -0.25) is 0 Å². The Kier molecular flexibility index (Phi) is 3.12. The molecule has 0 aliphatic rings. The number of hydrogen-bond donors (Lipinski definition) is 2. The van der Waals surface area contributed by atoms with E-state index in [0.717, 1.165) is 5.56 Å². The molecular weight excluding hydrogens is 152 g/mol. The Morgan fingerprint density at radius 3 is 2.67 bits per heavy atom. The lowest BCUT2D eigenvalue weighted by atomic mass is 10.1. The minimum Gasteiger partial charge on any atom is -0.387 e. The summed E-state index contributed by atoms with van der Waals surface area (Å²) in [5.41, 5.74) is 0.820. The number of aliphatic hydroxyl groups excluding tert-OH is 1. The van der Waals surface area contributed by atoms with E-state index in [1.165, 1.54) is 0 Å². The van der Waals surface area contributed by atoms with Crippen LogP contribution in [0.3, 0.4) is 0 Å². The minimum absolute atomic E-state index is 0.264. The van der Waals surface area contributed by atoms with Gasteiger partial charge in [-0.25, -0.2) is 0 Å². The van der Waals surface area contributed by atoms with Gasteiger partial charge in [0.25, 0.3) is 0 Å². The van der Waals surface area contributed by atoms with Crippen molar-refractivity contribution >= 4 is 0 Å². The average molecular weight is 162 g/mol. The second-order valence-corrected chi connectivity index (χ2v) is 2.42. The first-order valence-corrected chi connectivity index (χ1v) is 3.69. The molecule has 1 atom stereocenters. The Bertz CT molecular complexity index is 266. The summed E-state index contributed by atoms with van der Waals surface area (Å²) in [6.45, 7) is 0.264. The van der Waals surface area contributed by atoms with Gasteiger partial charge in [-0.1, -0.05) is 30.3 Å². The van der Waals surface area contributed by atoms with Crippen LogP contribution in [0.5, 0.6) is 0 Å². The van der Waals surface area contributed by atoms with E-state index in [4.69, 9.17) is 5.26 Å². The maximum atomic E-state index is 9.44. The molecule has 1 aromatic carbocycles. The highest BCUT2D eigenvalue weighted by molar-refractivity contribution is 5.17. The van der Waals surface area contributed by atoms with E-state index in [2.05, 4.69) is 5.32 Å². The molecule has 0 aliphatic carbocycles. The number of nitrogens with one attached hydrogen (secondary N) is 1. The second-order valence-electron chi connectivity index (χ2n) is 2.42. The van der Waals surface area contributed by atoms with Gasteiger partial charge in [-0.05, 0) is 5.56 Å². The highest BCUT2D eigenvalue weighted by Crippen LogP contribution is 2.09. The first-order chi connectivity index (χ1) is 5.84. The molecule has 3 heteroatoms. The van der Waals surface area contributed by atoms with Crippen LogP contribution >= 0.6 is 0 Å². The first kappa shape index (κ1) is 8.57. The maximum absolute atomic E-state index is 9.44. The summed E-state index contributed by atoms with van der Waals surface area (Å²) in [6.07, 6.45) is 1.15. The third-order valence-corrected chi connectivity index (χ3v) is 1.56. The number of benzene rings is 1. The zero-order valence-electron chi connectivity index (χ0n) is 6.57. The maximum Gasteiger partial charge on any atom is 0.176 e. The van der Waals surface area contributed by atoms with Crippen LogP contribution in [-0.4, -0.2) is 11.7 Å². The van der Waals surface area contributed by atoms with Gasteiger partial charge in [0.05, 0.1) is 12.6 Å². The summed E-state index contributed by atoms with van der Waals surface area (Å²) in [5.74, 6) is 0.